The highest BCUT2D eigenvalue weighted by molar-refractivity contribution is 7.97. The average Bonchev–Trinajstić information content (AvgIpc) is 3.81. The first-order valence-electron chi connectivity index (χ1n) is 23.8. The van der Waals surface area contributed by atoms with Crippen molar-refractivity contribution in [2.75, 3.05) is 32.3 Å². The van der Waals surface area contributed by atoms with Crippen molar-refractivity contribution in [3.05, 3.63) is 106 Å². The molecule has 8 rings (SSSR count). The predicted octanol–water partition coefficient (Wildman–Crippen LogP) is 8.21. The van der Waals surface area contributed by atoms with Gasteiger partial charge in [0.1, 0.15) is 18.7 Å². The second-order valence-corrected chi connectivity index (χ2v) is 19.8. The molecular weight excluding hydrogens is 1030 g/mol. The molecule has 5 saturated heterocycles. The smallest absolute Gasteiger partial charge is 0.342 e. The van der Waals surface area contributed by atoms with Crippen molar-refractivity contribution in [2.24, 2.45) is 17.8 Å². The van der Waals surface area contributed by atoms with Crippen molar-refractivity contribution in [2.45, 2.75) is 108 Å². The molecule has 5 aliphatic heterocycles. The Morgan fingerprint density at radius 1 is 0.603 bits per heavy atom. The number of carbonyl (C=O) groups is 8. The number of aliphatic hydroxyl groups is 1. The van der Waals surface area contributed by atoms with E-state index in [-0.39, 0.29) is 79.4 Å². The van der Waals surface area contributed by atoms with Crippen LogP contribution in [0, 0.1) is 17.8 Å². The summed E-state index contributed by atoms with van der Waals surface area (Å²) < 4.78 is 23.3. The van der Waals surface area contributed by atoms with Crippen LogP contribution in [0.15, 0.2) is 78.9 Å². The minimum absolute atomic E-state index is 0.0274. The van der Waals surface area contributed by atoms with Crippen LogP contribution in [0.5, 0.6) is 0 Å². The van der Waals surface area contributed by atoms with Gasteiger partial charge in [0.15, 0.2) is 6.10 Å². The van der Waals surface area contributed by atoms with Gasteiger partial charge in [0.05, 0.1) is 26.2 Å². The standard InChI is InChI=1S/C18H20ClNO5S.C15H18O5.C10H10ClNO2S.C8H12O4/c1-26-20-16(12-4-2-3-5-13(12)19)17(18(20)23)25-15(22)10-11-6-7-14(21)24-9-8-11;16-14-7-6-12(8-9-18-14)10-15(17)20-19-11-13-4-2-1-3-5-13;1-15-12-8(9(13)10(12)14)6-4-2-3-5-7(6)11;9-7(10)5-6-1-2-8(11)12-4-3-6/h2-5,11,16-17H,6-10H2,1H3;1-5,12H,6-11H2;2-5,8-9,13H,1H3;6H,1-5H2,(H,9,10)/t11?,16-,17?;;8-,9+;/m1.0./s1. The normalized spacial score (nSPS) is 23.6. The second kappa shape index (κ2) is 30.1. The van der Waals surface area contributed by atoms with Crippen LogP contribution in [0.1, 0.15) is 106 Å². The average molecular weight is 1090 g/mol. The lowest BCUT2D eigenvalue weighted by atomic mass is 9.93. The number of hydrogen-bond acceptors (Lipinski definition) is 17. The molecule has 396 valence electrons. The Bertz CT molecular complexity index is 2360. The molecule has 4 unspecified atom stereocenters. The van der Waals surface area contributed by atoms with Crippen molar-refractivity contribution < 1.29 is 77.3 Å². The SMILES string of the molecule is CSN1C(=O)C(OC(=O)CC2CCOC(=O)CC2)[C@H]1c1ccccc1Cl.CSN1C(=O)[C@H](O)[C@@H]1c1ccccc1Cl.O=C(O)CC1CCOC(=O)CC1.O=C1CCC(CC(=O)OOCc2ccccc2)CCO1. The molecule has 0 bridgehead atoms. The van der Waals surface area contributed by atoms with Gasteiger partial charge >= 0.3 is 35.8 Å². The largest absolute Gasteiger partial charge is 0.481 e. The first-order chi connectivity index (χ1) is 35.1. The van der Waals surface area contributed by atoms with Gasteiger partial charge in [0.25, 0.3) is 11.8 Å². The Morgan fingerprint density at radius 2 is 1.04 bits per heavy atom. The monoisotopic (exact) mass is 1090 g/mol. The zero-order valence-corrected chi connectivity index (χ0v) is 43.6. The zero-order chi connectivity index (χ0) is 52.9. The predicted molar refractivity (Wildman–Crippen MR) is 269 cm³/mol. The number of amides is 2. The van der Waals surface area contributed by atoms with E-state index >= 15 is 0 Å². The number of aliphatic hydroxyl groups excluding tert-OH is 1. The van der Waals surface area contributed by atoms with Gasteiger partial charge in [-0.25, -0.2) is 4.79 Å². The number of carboxylic acid groups (broad SMARTS) is 1. The number of carboxylic acids is 1. The van der Waals surface area contributed by atoms with Crippen LogP contribution >= 0.6 is 47.1 Å². The number of aliphatic carboxylic acids is 1. The van der Waals surface area contributed by atoms with Gasteiger partial charge < -0.3 is 29.2 Å². The van der Waals surface area contributed by atoms with E-state index in [0.717, 1.165) is 16.7 Å². The zero-order valence-electron chi connectivity index (χ0n) is 40.4. The number of carbonyl (C=O) groups excluding carboxylic acids is 7. The molecule has 0 aromatic heterocycles. The molecule has 0 aliphatic carbocycles. The molecule has 73 heavy (non-hydrogen) atoms. The molecule has 0 radical (unpaired) electrons. The van der Waals surface area contributed by atoms with Crippen LogP contribution in [0.2, 0.25) is 10.0 Å². The fourth-order valence-electron chi connectivity index (χ4n) is 8.35. The van der Waals surface area contributed by atoms with E-state index in [1.807, 2.05) is 66.7 Å². The topological polar surface area (TPSA) is 239 Å². The highest BCUT2D eigenvalue weighted by Crippen LogP contribution is 2.44. The van der Waals surface area contributed by atoms with Crippen molar-refractivity contribution in [1.29, 1.82) is 0 Å². The van der Waals surface area contributed by atoms with Gasteiger partial charge in [0.2, 0.25) is 6.10 Å². The number of hydrogen-bond donors (Lipinski definition) is 2. The van der Waals surface area contributed by atoms with Gasteiger partial charge in [-0.3, -0.25) is 47.1 Å². The molecule has 5 fully saturated rings. The maximum atomic E-state index is 12.4. The minimum atomic E-state index is -0.961. The quantitative estimate of drug-likeness (QED) is 0.0386. The highest BCUT2D eigenvalue weighted by Gasteiger charge is 2.52. The fourth-order valence-corrected chi connectivity index (χ4v) is 10.3. The molecule has 5 aliphatic rings. The van der Waals surface area contributed by atoms with E-state index in [0.29, 0.717) is 87.7 Å². The number of benzene rings is 3. The van der Waals surface area contributed by atoms with E-state index in [2.05, 4.69) is 0 Å². The number of esters is 4. The summed E-state index contributed by atoms with van der Waals surface area (Å²) in [6.45, 7) is 1.30. The van der Waals surface area contributed by atoms with Gasteiger partial charge in [-0.1, -0.05) is 114 Å². The summed E-state index contributed by atoms with van der Waals surface area (Å²) in [7, 11) is 0. The summed E-state index contributed by atoms with van der Waals surface area (Å²) in [4.78, 5) is 101. The third kappa shape index (κ3) is 18.2. The van der Waals surface area contributed by atoms with Crippen LogP contribution in [0.25, 0.3) is 0 Å². The number of cyclic esters (lactones) is 3. The molecule has 22 heteroatoms. The summed E-state index contributed by atoms with van der Waals surface area (Å²) in [5, 5.41) is 19.2. The number of rotatable bonds is 14. The van der Waals surface area contributed by atoms with Gasteiger partial charge in [-0.15, -0.1) is 0 Å². The first-order valence-corrected chi connectivity index (χ1v) is 26.9. The van der Waals surface area contributed by atoms with Crippen molar-refractivity contribution >= 4 is 94.7 Å². The van der Waals surface area contributed by atoms with E-state index in [9.17, 15) is 43.5 Å². The molecular formula is C51H60Cl2N2O16S2. The molecule has 0 spiro atoms. The molecule has 7 atom stereocenters. The van der Waals surface area contributed by atoms with E-state index in [4.69, 9.17) is 57.0 Å². The van der Waals surface area contributed by atoms with Gasteiger partial charge in [0, 0.05) is 54.7 Å². The van der Waals surface area contributed by atoms with Crippen molar-refractivity contribution in [1.82, 2.24) is 8.61 Å². The van der Waals surface area contributed by atoms with Crippen molar-refractivity contribution in [3.8, 4) is 0 Å². The molecule has 2 amide bonds. The fraction of sp³-hybridized carbons (Fsp3) is 0.490. The third-order valence-corrected chi connectivity index (χ3v) is 14.6. The summed E-state index contributed by atoms with van der Waals surface area (Å²) in [6, 6.07) is 23.2. The lowest BCUT2D eigenvalue weighted by molar-refractivity contribution is -0.280. The molecule has 3 aromatic rings. The Kier molecular flexibility index (Phi) is 24.1. The second-order valence-electron chi connectivity index (χ2n) is 17.4. The van der Waals surface area contributed by atoms with E-state index in [1.54, 1.807) is 28.9 Å². The third-order valence-electron chi connectivity index (χ3n) is 12.4. The Balaban J connectivity index is 0.000000188. The maximum absolute atomic E-state index is 12.4. The number of halogens is 2. The number of ether oxygens (including phenoxy) is 4. The number of nitrogens with zero attached hydrogens (tertiary/aromatic N) is 2. The van der Waals surface area contributed by atoms with Crippen LogP contribution in [0.3, 0.4) is 0 Å². The molecule has 5 heterocycles. The summed E-state index contributed by atoms with van der Waals surface area (Å²) in [5.41, 5.74) is 2.49. The number of β-lactam (4-membered cyclic amide) rings is 2. The lowest BCUT2D eigenvalue weighted by Gasteiger charge is -2.44. The molecule has 18 nitrogen and oxygen atoms in total. The lowest BCUT2D eigenvalue weighted by Crippen LogP contribution is -2.57. The molecule has 0 saturated carbocycles. The summed E-state index contributed by atoms with van der Waals surface area (Å²) >= 11 is 14.8. The van der Waals surface area contributed by atoms with Crippen LogP contribution in [-0.2, 0) is 73.7 Å². The summed E-state index contributed by atoms with van der Waals surface area (Å²) in [5.74, 6) is -2.51. The maximum Gasteiger partial charge on any atom is 0.342 e. The highest BCUT2D eigenvalue weighted by atomic mass is 35.5. The van der Waals surface area contributed by atoms with Gasteiger partial charge in [-0.2, -0.15) is 4.89 Å². The van der Waals surface area contributed by atoms with Crippen LogP contribution in [0.4, 0.5) is 0 Å². The van der Waals surface area contributed by atoms with Crippen LogP contribution < -0.4 is 0 Å². The van der Waals surface area contributed by atoms with Crippen LogP contribution in [-0.4, -0.2) is 111 Å². The molecule has 2 N–H and O–H groups in total. The molecule has 3 aromatic carbocycles. The van der Waals surface area contributed by atoms with E-state index in [1.165, 1.54) is 28.2 Å². The first kappa shape index (κ1) is 58.5. The summed E-state index contributed by atoms with van der Waals surface area (Å²) in [6.07, 6.45) is 7.28. The van der Waals surface area contributed by atoms with Gasteiger partial charge in [-0.05, 0) is 85.1 Å². The Hall–Kier alpha value is -5.38. The Morgan fingerprint density at radius 3 is 1.52 bits per heavy atom. The van der Waals surface area contributed by atoms with Crippen molar-refractivity contribution in [3.63, 3.8) is 0 Å². The minimum Gasteiger partial charge on any atom is -0.481 e. The van der Waals surface area contributed by atoms with E-state index < -0.39 is 36.2 Å². The Labute approximate surface area is 442 Å².